The number of amides is 1. The Balaban J connectivity index is 1.76. The van der Waals surface area contributed by atoms with Gasteiger partial charge in [0.1, 0.15) is 5.82 Å². The van der Waals surface area contributed by atoms with Crippen molar-refractivity contribution in [1.29, 1.82) is 0 Å². The zero-order valence-electron chi connectivity index (χ0n) is 15.9. The van der Waals surface area contributed by atoms with Crippen LogP contribution >= 0.6 is 0 Å². The number of fused-ring (bicyclic) bond motifs is 1. The number of aromatic nitrogens is 2. The van der Waals surface area contributed by atoms with E-state index in [0.717, 1.165) is 24.5 Å². The number of hydrogen-bond acceptors (Lipinski definition) is 4. The molecule has 2 fully saturated rings. The zero-order valence-corrected chi connectivity index (χ0v) is 15.9. The van der Waals surface area contributed by atoms with Crippen molar-refractivity contribution in [2.45, 2.75) is 24.7 Å². The lowest BCUT2D eigenvalue weighted by Gasteiger charge is -2.29. The van der Waals surface area contributed by atoms with Crippen molar-refractivity contribution in [3.05, 3.63) is 53.6 Å². The Labute approximate surface area is 164 Å². The summed E-state index contributed by atoms with van der Waals surface area (Å²) in [5, 5.41) is 12.8. The molecule has 28 heavy (non-hydrogen) atoms. The molecular formula is C21H26N4O3. The number of hydrogen-bond donors (Lipinski definition) is 3. The predicted molar refractivity (Wildman–Crippen MR) is 104 cm³/mol. The van der Waals surface area contributed by atoms with Gasteiger partial charge in [-0.3, -0.25) is 4.79 Å². The third-order valence-corrected chi connectivity index (χ3v) is 6.37. The highest BCUT2D eigenvalue weighted by Crippen LogP contribution is 2.60. The Morgan fingerprint density at radius 3 is 2.54 bits per heavy atom. The van der Waals surface area contributed by atoms with E-state index < -0.39 is 5.97 Å². The number of aryl methyl sites for hydroxylation is 1. The second kappa shape index (κ2) is 7.39. The Kier molecular flexibility index (Phi) is 4.93. The summed E-state index contributed by atoms with van der Waals surface area (Å²) < 4.78 is 1.84. The molecule has 1 aliphatic carbocycles. The van der Waals surface area contributed by atoms with Crippen LogP contribution in [-0.2, 0) is 11.8 Å². The first-order valence-electron chi connectivity index (χ1n) is 9.78. The number of nitrogens with one attached hydrogen (secondary N) is 1. The number of nitrogens with zero attached hydrogens (tertiary/aromatic N) is 2. The van der Waals surface area contributed by atoms with Crippen LogP contribution in [0, 0.1) is 17.8 Å². The van der Waals surface area contributed by atoms with Gasteiger partial charge in [-0.15, -0.1) is 0 Å². The fraction of sp³-hybridized carbons (Fsp3) is 0.476. The van der Waals surface area contributed by atoms with Crippen LogP contribution in [-0.4, -0.2) is 39.6 Å². The molecule has 4 rings (SSSR count). The van der Waals surface area contributed by atoms with E-state index in [0.29, 0.717) is 30.6 Å². The van der Waals surface area contributed by atoms with Gasteiger partial charge in [-0.25, -0.2) is 9.78 Å². The van der Waals surface area contributed by atoms with E-state index in [2.05, 4.69) is 22.4 Å². The molecule has 1 aromatic heterocycles. The van der Waals surface area contributed by atoms with Crippen molar-refractivity contribution in [2.75, 3.05) is 13.1 Å². The first-order valence-corrected chi connectivity index (χ1v) is 9.78. The minimum atomic E-state index is -1.02. The molecular weight excluding hydrogens is 356 g/mol. The van der Waals surface area contributed by atoms with Gasteiger partial charge in [0.15, 0.2) is 5.69 Å². The average Bonchev–Trinajstić information content (AvgIpc) is 2.98. The van der Waals surface area contributed by atoms with Gasteiger partial charge in [-0.2, -0.15) is 0 Å². The number of carboxylic acids is 1. The molecule has 0 bridgehead atoms. The van der Waals surface area contributed by atoms with Crippen LogP contribution in [0.25, 0.3) is 0 Å². The highest BCUT2D eigenvalue weighted by atomic mass is 16.4. The van der Waals surface area contributed by atoms with Gasteiger partial charge in [0.2, 0.25) is 5.91 Å². The first kappa shape index (κ1) is 18.7. The van der Waals surface area contributed by atoms with E-state index in [-0.39, 0.29) is 23.4 Å². The van der Waals surface area contributed by atoms with E-state index in [9.17, 15) is 14.7 Å². The van der Waals surface area contributed by atoms with Crippen molar-refractivity contribution >= 4 is 11.9 Å². The summed E-state index contributed by atoms with van der Waals surface area (Å²) in [6.07, 6.45) is 2.51. The lowest BCUT2D eigenvalue weighted by atomic mass is 9.78. The summed E-state index contributed by atoms with van der Waals surface area (Å²) in [5.41, 5.74) is 6.68. The fourth-order valence-corrected chi connectivity index (χ4v) is 5.06. The molecule has 4 unspecified atom stereocenters. The zero-order chi connectivity index (χ0) is 19.8. The van der Waals surface area contributed by atoms with Crippen molar-refractivity contribution in [2.24, 2.45) is 30.5 Å². The molecule has 2 aliphatic rings. The Morgan fingerprint density at radius 1 is 1.29 bits per heavy atom. The Bertz CT molecular complexity index is 869. The summed E-state index contributed by atoms with van der Waals surface area (Å²) in [4.78, 5) is 27.5. The van der Waals surface area contributed by atoms with Gasteiger partial charge in [0, 0.05) is 25.6 Å². The van der Waals surface area contributed by atoms with E-state index >= 15 is 0 Å². The quantitative estimate of drug-likeness (QED) is 0.644. The number of carbonyl (C=O) groups is 2. The third kappa shape index (κ3) is 3.42. The molecule has 1 aromatic carbocycles. The number of benzene rings is 1. The SMILES string of the molecule is Cn1cc(C(=O)O)nc1C(C(CCC(N)=O)c1ccccc1)C1C2CNCC21. The standard InChI is InChI=1S/C21H26N4O3/c1-25-11-16(21(27)28)24-20(25)19(18-14-9-23-10-15(14)18)13(7-8-17(22)26)12-5-3-2-4-6-12/h2-6,11,13-15,18-19,23H,7-10H2,1H3,(H2,22,26)(H,27,28). The Morgan fingerprint density at radius 2 is 1.96 bits per heavy atom. The van der Waals surface area contributed by atoms with Crippen molar-refractivity contribution < 1.29 is 14.7 Å². The minimum absolute atomic E-state index is 0.0527. The predicted octanol–water partition coefficient (Wildman–Crippen LogP) is 1.72. The molecule has 7 nitrogen and oxygen atoms in total. The molecule has 1 saturated carbocycles. The molecule has 148 valence electrons. The normalized spacial score (nSPS) is 25.1. The van der Waals surface area contributed by atoms with E-state index in [1.54, 1.807) is 6.20 Å². The van der Waals surface area contributed by atoms with E-state index in [4.69, 9.17) is 5.73 Å². The van der Waals surface area contributed by atoms with Crippen LogP contribution in [0.1, 0.15) is 46.6 Å². The number of aromatic carboxylic acids is 1. The van der Waals surface area contributed by atoms with Gasteiger partial charge >= 0.3 is 5.97 Å². The van der Waals surface area contributed by atoms with Gasteiger partial charge < -0.3 is 20.7 Å². The maximum Gasteiger partial charge on any atom is 0.356 e. The molecule has 1 saturated heterocycles. The second-order valence-electron chi connectivity index (χ2n) is 8.01. The average molecular weight is 382 g/mol. The van der Waals surface area contributed by atoms with Crippen molar-refractivity contribution in [3.63, 3.8) is 0 Å². The summed E-state index contributed by atoms with van der Waals surface area (Å²) >= 11 is 0. The van der Waals surface area contributed by atoms with Crippen molar-refractivity contribution in [1.82, 2.24) is 14.9 Å². The number of primary amides is 1. The van der Waals surface area contributed by atoms with Crippen LogP contribution < -0.4 is 11.1 Å². The minimum Gasteiger partial charge on any atom is -0.476 e. The highest BCUT2D eigenvalue weighted by molar-refractivity contribution is 5.85. The summed E-state index contributed by atoms with van der Waals surface area (Å²) in [5.74, 6) is 1.15. The number of imidazole rings is 1. The molecule has 4 N–H and O–H groups in total. The van der Waals surface area contributed by atoms with Gasteiger partial charge in [0.25, 0.3) is 0 Å². The van der Waals surface area contributed by atoms with Gasteiger partial charge in [-0.05, 0) is 48.7 Å². The maximum absolute atomic E-state index is 11.5. The number of piperidine rings is 1. The lowest BCUT2D eigenvalue weighted by Crippen LogP contribution is -2.25. The van der Waals surface area contributed by atoms with Crippen LogP contribution in [0.15, 0.2) is 36.5 Å². The molecule has 2 aromatic rings. The number of carbonyl (C=O) groups excluding carboxylic acids is 1. The molecule has 0 spiro atoms. The van der Waals surface area contributed by atoms with Crippen LogP contribution in [0.4, 0.5) is 0 Å². The topological polar surface area (TPSA) is 110 Å². The monoisotopic (exact) mass is 382 g/mol. The molecule has 2 heterocycles. The van der Waals surface area contributed by atoms with Crippen LogP contribution in [0.3, 0.4) is 0 Å². The maximum atomic E-state index is 11.5. The molecule has 4 atom stereocenters. The van der Waals surface area contributed by atoms with Gasteiger partial charge in [0.05, 0.1) is 0 Å². The molecule has 1 aliphatic heterocycles. The summed E-state index contributed by atoms with van der Waals surface area (Å²) in [6.45, 7) is 1.97. The number of rotatable bonds is 8. The Hall–Kier alpha value is -2.67. The number of nitrogens with two attached hydrogens (primary N) is 1. The van der Waals surface area contributed by atoms with E-state index in [1.807, 2.05) is 29.8 Å². The van der Waals surface area contributed by atoms with Crippen LogP contribution in [0.2, 0.25) is 0 Å². The van der Waals surface area contributed by atoms with Crippen LogP contribution in [0.5, 0.6) is 0 Å². The molecule has 0 radical (unpaired) electrons. The number of carboxylic acid groups (broad SMARTS) is 1. The molecule has 7 heteroatoms. The second-order valence-corrected chi connectivity index (χ2v) is 8.01. The summed E-state index contributed by atoms with van der Waals surface area (Å²) in [7, 11) is 1.86. The molecule has 1 amide bonds. The summed E-state index contributed by atoms with van der Waals surface area (Å²) in [6, 6.07) is 10.1. The fourth-order valence-electron chi connectivity index (χ4n) is 5.06. The third-order valence-electron chi connectivity index (χ3n) is 6.37. The first-order chi connectivity index (χ1) is 13.5. The highest BCUT2D eigenvalue weighted by Gasteiger charge is 2.58. The van der Waals surface area contributed by atoms with Crippen molar-refractivity contribution in [3.8, 4) is 0 Å². The lowest BCUT2D eigenvalue weighted by molar-refractivity contribution is -0.118. The van der Waals surface area contributed by atoms with Gasteiger partial charge in [-0.1, -0.05) is 30.3 Å². The van der Waals surface area contributed by atoms with E-state index in [1.165, 1.54) is 0 Å². The smallest absolute Gasteiger partial charge is 0.356 e. The largest absolute Gasteiger partial charge is 0.476 e.